The summed E-state index contributed by atoms with van der Waals surface area (Å²) in [5.41, 5.74) is 7.61. The molecule has 7 N–H and O–H groups in total. The molecule has 0 fully saturated rings. The summed E-state index contributed by atoms with van der Waals surface area (Å²) in [5, 5.41) is 40.3. The van der Waals surface area contributed by atoms with Crippen LogP contribution >= 0.6 is 11.6 Å². The minimum Gasteiger partial charge on any atom is -0.397 e. The van der Waals surface area contributed by atoms with E-state index in [-0.39, 0.29) is 6.54 Å². The minimum atomic E-state index is -1.44. The number of anilines is 2. The number of benzene rings is 1. The maximum absolute atomic E-state index is 9.64. The van der Waals surface area contributed by atoms with Gasteiger partial charge in [-0.25, -0.2) is 0 Å². The quantitative estimate of drug-likeness (QED) is 0.401. The van der Waals surface area contributed by atoms with E-state index in [1.54, 1.807) is 12.1 Å². The van der Waals surface area contributed by atoms with Crippen LogP contribution in [0.5, 0.6) is 0 Å². The van der Waals surface area contributed by atoms with Gasteiger partial charge >= 0.3 is 0 Å². The topological polar surface area (TPSA) is 119 Å². The van der Waals surface area contributed by atoms with Crippen LogP contribution in [0.3, 0.4) is 0 Å². The third-order valence-electron chi connectivity index (χ3n) is 2.81. The maximum atomic E-state index is 9.64. The van der Waals surface area contributed by atoms with Gasteiger partial charge in [0.2, 0.25) is 0 Å². The molecule has 0 radical (unpaired) electrons. The summed E-state index contributed by atoms with van der Waals surface area (Å²) in [4.78, 5) is 0. The smallest absolute Gasteiger partial charge is 0.110 e. The number of hydrogen-bond acceptors (Lipinski definition) is 6. The number of hydrogen-bond donors (Lipinski definition) is 6. The first-order valence-corrected chi connectivity index (χ1v) is 6.19. The fraction of sp³-hybridized carbons (Fsp3) is 0.500. The molecular weight excluding hydrogens is 272 g/mol. The monoisotopic (exact) mass is 290 g/mol. The van der Waals surface area contributed by atoms with E-state index in [4.69, 9.17) is 22.4 Å². The van der Waals surface area contributed by atoms with Gasteiger partial charge in [-0.1, -0.05) is 11.6 Å². The molecule has 0 aromatic heterocycles. The van der Waals surface area contributed by atoms with Gasteiger partial charge in [0.1, 0.15) is 12.2 Å². The first-order chi connectivity index (χ1) is 8.86. The van der Waals surface area contributed by atoms with Gasteiger partial charge in [0.15, 0.2) is 0 Å². The van der Waals surface area contributed by atoms with Gasteiger partial charge in [0.25, 0.3) is 0 Å². The van der Waals surface area contributed by atoms with Gasteiger partial charge in [-0.15, -0.1) is 0 Å². The van der Waals surface area contributed by atoms with Crippen LogP contribution in [0.25, 0.3) is 0 Å². The molecule has 3 atom stereocenters. The molecule has 6 nitrogen and oxygen atoms in total. The Morgan fingerprint density at radius 1 is 1.26 bits per heavy atom. The van der Waals surface area contributed by atoms with Crippen LogP contribution in [-0.4, -0.2) is 51.9 Å². The number of nitrogens with one attached hydrogen (secondary N) is 1. The first-order valence-electron chi connectivity index (χ1n) is 5.81. The third-order valence-corrected chi connectivity index (χ3v) is 3.22. The summed E-state index contributed by atoms with van der Waals surface area (Å²) >= 11 is 5.96. The third kappa shape index (κ3) is 4.22. The summed E-state index contributed by atoms with van der Waals surface area (Å²) in [5.74, 6) is 0. The van der Waals surface area contributed by atoms with Crippen LogP contribution in [0, 0.1) is 6.92 Å². The van der Waals surface area contributed by atoms with E-state index in [2.05, 4.69) is 5.32 Å². The lowest BCUT2D eigenvalue weighted by Crippen LogP contribution is -2.42. The molecule has 0 saturated carbocycles. The molecule has 0 saturated heterocycles. The van der Waals surface area contributed by atoms with Crippen molar-refractivity contribution in [2.75, 3.05) is 24.2 Å². The van der Waals surface area contributed by atoms with Gasteiger partial charge in [0, 0.05) is 11.6 Å². The van der Waals surface area contributed by atoms with Crippen LogP contribution < -0.4 is 11.1 Å². The molecule has 108 valence electrons. The number of halogens is 1. The van der Waals surface area contributed by atoms with E-state index in [1.165, 1.54) is 0 Å². The van der Waals surface area contributed by atoms with Crippen LogP contribution in [0.4, 0.5) is 11.4 Å². The summed E-state index contributed by atoms with van der Waals surface area (Å²) in [6, 6.07) is 3.31. The Bertz CT molecular complexity index is 430. The van der Waals surface area contributed by atoms with E-state index in [0.29, 0.717) is 16.4 Å². The van der Waals surface area contributed by atoms with E-state index in [0.717, 1.165) is 5.56 Å². The highest BCUT2D eigenvalue weighted by Crippen LogP contribution is 2.26. The molecule has 1 aromatic rings. The Labute approximate surface area is 116 Å². The lowest BCUT2D eigenvalue weighted by Gasteiger charge is -2.22. The maximum Gasteiger partial charge on any atom is 0.110 e. The Morgan fingerprint density at radius 2 is 1.89 bits per heavy atom. The Kier molecular flexibility index (Phi) is 5.84. The van der Waals surface area contributed by atoms with Crippen LogP contribution in [0.15, 0.2) is 12.1 Å². The average molecular weight is 291 g/mol. The number of rotatable bonds is 6. The number of aliphatic hydroxyl groups excluding tert-OH is 4. The fourth-order valence-corrected chi connectivity index (χ4v) is 1.72. The second-order valence-corrected chi connectivity index (χ2v) is 4.78. The van der Waals surface area contributed by atoms with Crippen molar-refractivity contribution in [3.63, 3.8) is 0 Å². The molecule has 7 heteroatoms. The van der Waals surface area contributed by atoms with E-state index in [1.807, 2.05) is 6.92 Å². The summed E-state index contributed by atoms with van der Waals surface area (Å²) < 4.78 is 0. The zero-order valence-corrected chi connectivity index (χ0v) is 11.3. The lowest BCUT2D eigenvalue weighted by atomic mass is 10.1. The molecule has 3 unspecified atom stereocenters. The second-order valence-electron chi connectivity index (χ2n) is 4.38. The summed E-state index contributed by atoms with van der Waals surface area (Å²) in [7, 11) is 0. The lowest BCUT2D eigenvalue weighted by molar-refractivity contribution is -0.0715. The Morgan fingerprint density at radius 3 is 2.47 bits per heavy atom. The number of nitrogens with two attached hydrogens (primary N) is 1. The minimum absolute atomic E-state index is 0.0399. The van der Waals surface area contributed by atoms with Crippen molar-refractivity contribution in [2.45, 2.75) is 25.2 Å². The van der Waals surface area contributed by atoms with E-state index >= 15 is 0 Å². The van der Waals surface area contributed by atoms with Crippen LogP contribution in [-0.2, 0) is 0 Å². The van der Waals surface area contributed by atoms with Crippen molar-refractivity contribution in [1.82, 2.24) is 0 Å². The molecule has 0 aliphatic heterocycles. The molecule has 0 spiro atoms. The molecule has 0 aliphatic carbocycles. The van der Waals surface area contributed by atoms with Crippen LogP contribution in [0.2, 0.25) is 5.02 Å². The number of aliphatic hydroxyl groups is 4. The highest BCUT2D eigenvalue weighted by Gasteiger charge is 2.23. The molecule has 0 heterocycles. The molecule has 0 bridgehead atoms. The van der Waals surface area contributed by atoms with E-state index in [9.17, 15) is 15.3 Å². The van der Waals surface area contributed by atoms with Gasteiger partial charge in [-0.3, -0.25) is 0 Å². The fourth-order valence-electron chi connectivity index (χ4n) is 1.56. The predicted molar refractivity (Wildman–Crippen MR) is 74.2 cm³/mol. The van der Waals surface area contributed by atoms with Crippen molar-refractivity contribution in [1.29, 1.82) is 0 Å². The standard InChI is InChI=1S/C12H19ClN2O4/c1-6-2-8(14)9(3-7(6)13)15-4-10(17)12(19)11(18)5-16/h2-3,10-12,15-19H,4-5,14H2,1H3. The van der Waals surface area contributed by atoms with Crippen molar-refractivity contribution in [3.05, 3.63) is 22.7 Å². The Hall–Kier alpha value is -1.05. The van der Waals surface area contributed by atoms with Gasteiger partial charge in [-0.05, 0) is 24.6 Å². The van der Waals surface area contributed by atoms with Gasteiger partial charge in [-0.2, -0.15) is 0 Å². The second kappa shape index (κ2) is 6.93. The molecule has 0 aliphatic rings. The highest BCUT2D eigenvalue weighted by atomic mass is 35.5. The molecule has 19 heavy (non-hydrogen) atoms. The van der Waals surface area contributed by atoms with Crippen molar-refractivity contribution >= 4 is 23.0 Å². The Balaban J connectivity index is 2.64. The highest BCUT2D eigenvalue weighted by molar-refractivity contribution is 6.31. The normalized spacial score (nSPS) is 15.9. The molecule has 0 amide bonds. The predicted octanol–water partition coefficient (Wildman–Crippen LogP) is -0.282. The van der Waals surface area contributed by atoms with E-state index < -0.39 is 24.9 Å². The van der Waals surface area contributed by atoms with Crippen molar-refractivity contribution in [3.8, 4) is 0 Å². The molecule has 1 aromatic carbocycles. The van der Waals surface area contributed by atoms with Crippen molar-refractivity contribution in [2.24, 2.45) is 0 Å². The number of nitrogen functional groups attached to an aromatic ring is 1. The summed E-state index contributed by atoms with van der Waals surface area (Å²) in [6.07, 6.45) is -4.09. The first kappa shape index (κ1) is 16.0. The average Bonchev–Trinajstić information content (AvgIpc) is 2.39. The van der Waals surface area contributed by atoms with Crippen molar-refractivity contribution < 1.29 is 20.4 Å². The molecule has 1 rings (SSSR count). The number of aryl methyl sites for hydroxylation is 1. The zero-order valence-electron chi connectivity index (χ0n) is 10.5. The zero-order chi connectivity index (χ0) is 14.6. The van der Waals surface area contributed by atoms with Gasteiger partial charge in [0.05, 0.1) is 24.1 Å². The molecular formula is C12H19ClN2O4. The largest absolute Gasteiger partial charge is 0.397 e. The van der Waals surface area contributed by atoms with Crippen LogP contribution in [0.1, 0.15) is 5.56 Å². The SMILES string of the molecule is Cc1cc(N)c(NCC(O)C(O)C(O)CO)cc1Cl. The van der Waals surface area contributed by atoms with Gasteiger partial charge < -0.3 is 31.5 Å². The summed E-state index contributed by atoms with van der Waals surface area (Å²) in [6.45, 7) is 1.15.